The number of nitrogens with zero attached hydrogens (tertiary/aromatic N) is 2. The van der Waals surface area contributed by atoms with Crippen LogP contribution in [-0.4, -0.2) is 10.8 Å². The van der Waals surface area contributed by atoms with E-state index in [9.17, 15) is 4.79 Å². The Hall–Kier alpha value is -2.47. The van der Waals surface area contributed by atoms with E-state index < -0.39 is 0 Å². The number of Topliss-reactive ketones (excluding diaryl/α,β-unsaturated/α-hetero) is 1. The van der Waals surface area contributed by atoms with E-state index in [2.05, 4.69) is 11.1 Å². The summed E-state index contributed by atoms with van der Waals surface area (Å²) in [4.78, 5) is 15.7. The molecule has 24 heavy (non-hydrogen) atoms. The van der Waals surface area contributed by atoms with Gasteiger partial charge in [-0.05, 0) is 73.8 Å². The summed E-state index contributed by atoms with van der Waals surface area (Å²) in [5, 5.41) is 8.96. The van der Waals surface area contributed by atoms with Crippen molar-refractivity contribution in [3.8, 4) is 17.2 Å². The maximum atomic E-state index is 11.2. The molecule has 1 aliphatic rings. The average molecular weight is 318 g/mol. The zero-order valence-corrected chi connectivity index (χ0v) is 14.1. The molecule has 1 atom stereocenters. The molecule has 2 aromatic rings. The van der Waals surface area contributed by atoms with Crippen molar-refractivity contribution in [1.82, 2.24) is 4.98 Å². The Balaban J connectivity index is 1.88. The van der Waals surface area contributed by atoms with Crippen molar-refractivity contribution in [2.24, 2.45) is 0 Å². The first-order valence-electron chi connectivity index (χ1n) is 8.66. The number of carbonyl (C=O) groups is 1. The van der Waals surface area contributed by atoms with Crippen LogP contribution in [0.5, 0.6) is 0 Å². The van der Waals surface area contributed by atoms with Gasteiger partial charge >= 0.3 is 0 Å². The Bertz CT molecular complexity index is 771. The van der Waals surface area contributed by atoms with Crippen LogP contribution in [0.1, 0.15) is 61.6 Å². The normalized spacial score (nSPS) is 16.2. The van der Waals surface area contributed by atoms with Gasteiger partial charge in [-0.25, -0.2) is 0 Å². The summed E-state index contributed by atoms with van der Waals surface area (Å²) >= 11 is 0. The van der Waals surface area contributed by atoms with Gasteiger partial charge in [-0.2, -0.15) is 5.26 Å². The minimum absolute atomic E-state index is 0.274. The molecule has 0 radical (unpaired) electrons. The van der Waals surface area contributed by atoms with Gasteiger partial charge in [-0.3, -0.25) is 4.98 Å². The Labute approximate surface area is 143 Å². The molecule has 0 aliphatic heterocycles. The topological polar surface area (TPSA) is 53.8 Å². The average Bonchev–Trinajstić information content (AvgIpc) is 2.61. The molecule has 0 saturated carbocycles. The van der Waals surface area contributed by atoms with E-state index in [0.717, 1.165) is 24.8 Å². The van der Waals surface area contributed by atoms with Crippen molar-refractivity contribution < 1.29 is 4.79 Å². The molecule has 0 amide bonds. The van der Waals surface area contributed by atoms with Gasteiger partial charge < -0.3 is 4.79 Å². The molecule has 3 nitrogen and oxygen atoms in total. The molecule has 1 aromatic carbocycles. The monoisotopic (exact) mass is 318 g/mol. The van der Waals surface area contributed by atoms with E-state index in [1.165, 1.54) is 29.5 Å². The third kappa shape index (κ3) is 3.54. The molecule has 0 saturated heterocycles. The summed E-state index contributed by atoms with van der Waals surface area (Å²) in [5.41, 5.74) is 5.75. The minimum Gasteiger partial charge on any atom is -0.300 e. The SMILES string of the molecule is CC(=O)CCC[C@@H]1CCCc2c(-c3ccc(C#N)cc3)cncc21. The first-order chi connectivity index (χ1) is 11.7. The number of rotatable bonds is 5. The largest absolute Gasteiger partial charge is 0.300 e. The maximum absolute atomic E-state index is 11.2. The highest BCUT2D eigenvalue weighted by Crippen LogP contribution is 2.39. The van der Waals surface area contributed by atoms with E-state index in [0.29, 0.717) is 17.9 Å². The van der Waals surface area contributed by atoms with Gasteiger partial charge in [0.1, 0.15) is 5.78 Å². The van der Waals surface area contributed by atoms with Gasteiger partial charge in [0.25, 0.3) is 0 Å². The quantitative estimate of drug-likeness (QED) is 0.795. The van der Waals surface area contributed by atoms with Crippen LogP contribution in [0, 0.1) is 11.3 Å². The van der Waals surface area contributed by atoms with Crippen molar-refractivity contribution in [2.75, 3.05) is 0 Å². The predicted octanol–water partition coefficient (Wildman–Crippen LogP) is 4.80. The highest BCUT2D eigenvalue weighted by atomic mass is 16.1. The van der Waals surface area contributed by atoms with Gasteiger partial charge in [0.15, 0.2) is 0 Å². The van der Waals surface area contributed by atoms with Crippen LogP contribution in [0.3, 0.4) is 0 Å². The van der Waals surface area contributed by atoms with E-state index in [-0.39, 0.29) is 5.78 Å². The molecule has 122 valence electrons. The highest BCUT2D eigenvalue weighted by Gasteiger charge is 2.23. The lowest BCUT2D eigenvalue weighted by Gasteiger charge is -2.27. The summed E-state index contributed by atoms with van der Waals surface area (Å²) in [7, 11) is 0. The van der Waals surface area contributed by atoms with Crippen molar-refractivity contribution in [3.63, 3.8) is 0 Å². The van der Waals surface area contributed by atoms with E-state index in [4.69, 9.17) is 5.26 Å². The Morgan fingerprint density at radius 2 is 2.08 bits per heavy atom. The second kappa shape index (κ2) is 7.40. The number of fused-ring (bicyclic) bond motifs is 1. The molecule has 1 aliphatic carbocycles. The van der Waals surface area contributed by atoms with Crippen molar-refractivity contribution in [2.45, 2.75) is 51.4 Å². The lowest BCUT2D eigenvalue weighted by Crippen LogP contribution is -2.12. The van der Waals surface area contributed by atoms with Crippen LogP contribution in [0.4, 0.5) is 0 Å². The minimum atomic E-state index is 0.274. The van der Waals surface area contributed by atoms with Gasteiger partial charge in [-0.1, -0.05) is 12.1 Å². The highest BCUT2D eigenvalue weighted by molar-refractivity contribution is 5.75. The summed E-state index contributed by atoms with van der Waals surface area (Å²) < 4.78 is 0. The fraction of sp³-hybridized carbons (Fsp3) is 0.381. The second-order valence-electron chi connectivity index (χ2n) is 6.63. The van der Waals surface area contributed by atoms with Crippen LogP contribution in [0.25, 0.3) is 11.1 Å². The smallest absolute Gasteiger partial charge is 0.129 e. The van der Waals surface area contributed by atoms with Crippen LogP contribution in [-0.2, 0) is 11.2 Å². The number of nitriles is 1. The molecule has 1 aromatic heterocycles. The first-order valence-corrected chi connectivity index (χ1v) is 8.66. The van der Waals surface area contributed by atoms with Gasteiger partial charge in [0.05, 0.1) is 11.6 Å². The van der Waals surface area contributed by atoms with Crippen LogP contribution < -0.4 is 0 Å². The molecule has 0 fully saturated rings. The number of ketones is 1. The second-order valence-corrected chi connectivity index (χ2v) is 6.63. The Morgan fingerprint density at radius 3 is 2.79 bits per heavy atom. The zero-order chi connectivity index (χ0) is 16.9. The van der Waals surface area contributed by atoms with Crippen molar-refractivity contribution >= 4 is 5.78 Å². The fourth-order valence-corrected chi connectivity index (χ4v) is 3.69. The van der Waals surface area contributed by atoms with Crippen LogP contribution >= 0.6 is 0 Å². The molecular weight excluding hydrogens is 296 g/mol. The standard InChI is InChI=1S/C21H22N2O/c1-15(24)4-2-5-17-6-3-7-19-20(17)13-23-14-21(19)18-10-8-16(12-22)9-11-18/h8-11,13-14,17H,2-7H2,1H3/t17-/m1/s1. The molecule has 0 bridgehead atoms. The fourth-order valence-electron chi connectivity index (χ4n) is 3.69. The van der Waals surface area contributed by atoms with Crippen LogP contribution in [0.2, 0.25) is 0 Å². The summed E-state index contributed by atoms with van der Waals surface area (Å²) in [6.07, 6.45) is 10.1. The third-order valence-electron chi connectivity index (χ3n) is 4.92. The number of aromatic nitrogens is 1. The zero-order valence-electron chi connectivity index (χ0n) is 14.1. The molecular formula is C21H22N2O. The number of benzene rings is 1. The van der Waals surface area contributed by atoms with Gasteiger partial charge in [0, 0.05) is 24.4 Å². The lowest BCUT2D eigenvalue weighted by molar-refractivity contribution is -0.117. The molecule has 0 N–H and O–H groups in total. The molecule has 0 spiro atoms. The summed E-state index contributed by atoms with van der Waals surface area (Å²) in [6.45, 7) is 1.67. The van der Waals surface area contributed by atoms with E-state index in [1.54, 1.807) is 6.92 Å². The van der Waals surface area contributed by atoms with E-state index >= 15 is 0 Å². The van der Waals surface area contributed by atoms with E-state index in [1.807, 2.05) is 36.7 Å². The first kappa shape index (κ1) is 16.4. The number of carbonyl (C=O) groups excluding carboxylic acids is 1. The Morgan fingerprint density at radius 1 is 1.29 bits per heavy atom. The molecule has 3 heteroatoms. The van der Waals surface area contributed by atoms with Gasteiger partial charge in [-0.15, -0.1) is 0 Å². The summed E-state index contributed by atoms with van der Waals surface area (Å²) in [6, 6.07) is 9.91. The molecule has 3 rings (SSSR count). The lowest BCUT2D eigenvalue weighted by atomic mass is 9.78. The molecule has 1 heterocycles. The molecule has 0 unspecified atom stereocenters. The maximum Gasteiger partial charge on any atom is 0.129 e. The number of pyridine rings is 1. The third-order valence-corrected chi connectivity index (χ3v) is 4.92. The summed E-state index contributed by atoms with van der Waals surface area (Å²) in [5.74, 6) is 0.787. The van der Waals surface area contributed by atoms with Crippen molar-refractivity contribution in [3.05, 3.63) is 53.3 Å². The number of hydrogen-bond acceptors (Lipinski definition) is 3. The predicted molar refractivity (Wildman–Crippen MR) is 94.6 cm³/mol. The van der Waals surface area contributed by atoms with Crippen molar-refractivity contribution in [1.29, 1.82) is 5.26 Å². The van der Waals surface area contributed by atoms with Crippen LogP contribution in [0.15, 0.2) is 36.7 Å². The number of hydrogen-bond donors (Lipinski definition) is 0. The Kier molecular flexibility index (Phi) is 5.05. The van der Waals surface area contributed by atoms with Gasteiger partial charge in [0.2, 0.25) is 0 Å².